The number of phenolic OH excluding ortho intramolecular Hbond substituents is 1. The molecule has 0 unspecified atom stereocenters. The van der Waals surface area contributed by atoms with Crippen LogP contribution in [0.15, 0.2) is 66.3 Å². The van der Waals surface area contributed by atoms with Gasteiger partial charge in [-0.25, -0.2) is 9.67 Å². The van der Waals surface area contributed by atoms with E-state index < -0.39 is 0 Å². The first-order valence-corrected chi connectivity index (χ1v) is 9.15. The molecule has 7 heteroatoms. The number of hydrogen-bond acceptors (Lipinski definition) is 5. The lowest BCUT2D eigenvalue weighted by atomic mass is 10.2. The molecule has 0 radical (unpaired) electrons. The van der Waals surface area contributed by atoms with E-state index in [1.165, 1.54) is 11.3 Å². The molecule has 0 fully saturated rings. The number of carbonyl (C=O) groups excluding carboxylic acids is 1. The summed E-state index contributed by atoms with van der Waals surface area (Å²) in [4.78, 5) is 16.8. The summed E-state index contributed by atoms with van der Waals surface area (Å²) in [6, 6.07) is 14.9. The van der Waals surface area contributed by atoms with Crippen molar-refractivity contribution in [1.29, 1.82) is 0 Å². The first kappa shape index (κ1) is 17.0. The molecule has 134 valence electrons. The maximum absolute atomic E-state index is 12.4. The number of hydrogen-bond donors (Lipinski definition) is 2. The van der Waals surface area contributed by atoms with Gasteiger partial charge in [-0.2, -0.15) is 5.10 Å². The van der Waals surface area contributed by atoms with E-state index in [2.05, 4.69) is 15.4 Å². The van der Waals surface area contributed by atoms with Gasteiger partial charge in [-0.1, -0.05) is 24.3 Å². The normalized spacial score (nSPS) is 10.7. The number of phenols is 1. The topological polar surface area (TPSA) is 80.0 Å². The average Bonchev–Trinajstić information content (AvgIpc) is 3.34. The van der Waals surface area contributed by atoms with Crippen LogP contribution >= 0.6 is 11.3 Å². The Balaban J connectivity index is 1.53. The molecular formula is C20H16N4O2S. The van der Waals surface area contributed by atoms with Crippen LogP contribution in [0, 0.1) is 6.92 Å². The van der Waals surface area contributed by atoms with Crippen molar-refractivity contribution in [3.05, 3.63) is 77.6 Å². The lowest BCUT2D eigenvalue weighted by molar-refractivity contribution is 0.102. The summed E-state index contributed by atoms with van der Waals surface area (Å²) in [6.07, 6.45) is 3.60. The second kappa shape index (κ2) is 7.05. The summed E-state index contributed by atoms with van der Waals surface area (Å²) in [5, 5.41) is 19.4. The Kier molecular flexibility index (Phi) is 4.43. The van der Waals surface area contributed by atoms with Crippen LogP contribution in [0.2, 0.25) is 0 Å². The van der Waals surface area contributed by atoms with Gasteiger partial charge in [0.1, 0.15) is 16.5 Å². The lowest BCUT2D eigenvalue weighted by Gasteiger charge is -2.06. The number of carbonyl (C=O) groups is 1. The van der Waals surface area contributed by atoms with Crippen molar-refractivity contribution in [3.63, 3.8) is 0 Å². The maximum atomic E-state index is 12.4. The SMILES string of the molecule is Cc1ccc(NC(=O)c2csc(-c3cnn(-c4ccccc4)c3)n2)c(O)c1. The Hall–Kier alpha value is -3.45. The van der Waals surface area contributed by atoms with Crippen LogP contribution in [0.25, 0.3) is 16.3 Å². The fourth-order valence-electron chi connectivity index (χ4n) is 2.60. The van der Waals surface area contributed by atoms with Gasteiger partial charge in [0, 0.05) is 17.1 Å². The highest BCUT2D eigenvalue weighted by atomic mass is 32.1. The van der Waals surface area contributed by atoms with Gasteiger partial charge in [0.2, 0.25) is 0 Å². The number of rotatable bonds is 4. The third-order valence-corrected chi connectivity index (χ3v) is 4.88. The molecule has 0 saturated carbocycles. The summed E-state index contributed by atoms with van der Waals surface area (Å²) in [5.74, 6) is -0.338. The Morgan fingerprint density at radius 2 is 2.00 bits per heavy atom. The number of nitrogens with zero attached hydrogens (tertiary/aromatic N) is 3. The molecule has 2 aromatic carbocycles. The highest BCUT2D eigenvalue weighted by Gasteiger charge is 2.15. The monoisotopic (exact) mass is 376 g/mol. The molecule has 0 aliphatic rings. The zero-order chi connectivity index (χ0) is 18.8. The van der Waals surface area contributed by atoms with E-state index in [0.717, 1.165) is 16.8 Å². The molecule has 0 aliphatic heterocycles. The van der Waals surface area contributed by atoms with Crippen molar-refractivity contribution in [1.82, 2.24) is 14.8 Å². The van der Waals surface area contributed by atoms with Crippen molar-refractivity contribution < 1.29 is 9.90 Å². The minimum absolute atomic E-state index is 0.0305. The molecule has 0 bridgehead atoms. The summed E-state index contributed by atoms with van der Waals surface area (Å²) in [6.45, 7) is 1.87. The van der Waals surface area contributed by atoms with Crippen LogP contribution in [-0.2, 0) is 0 Å². The van der Waals surface area contributed by atoms with Gasteiger partial charge in [0.25, 0.3) is 5.91 Å². The van der Waals surface area contributed by atoms with E-state index in [0.29, 0.717) is 16.4 Å². The van der Waals surface area contributed by atoms with Crippen LogP contribution in [0.4, 0.5) is 5.69 Å². The first-order valence-electron chi connectivity index (χ1n) is 8.27. The van der Waals surface area contributed by atoms with Crippen molar-refractivity contribution >= 4 is 22.9 Å². The number of aromatic hydroxyl groups is 1. The molecule has 0 saturated heterocycles. The molecule has 1 amide bonds. The predicted molar refractivity (Wildman–Crippen MR) is 105 cm³/mol. The fourth-order valence-corrected chi connectivity index (χ4v) is 3.38. The molecule has 27 heavy (non-hydrogen) atoms. The second-order valence-corrected chi connectivity index (χ2v) is 6.88. The van der Waals surface area contributed by atoms with Gasteiger partial charge in [-0.3, -0.25) is 4.79 Å². The largest absolute Gasteiger partial charge is 0.506 e. The summed E-state index contributed by atoms with van der Waals surface area (Å²) in [7, 11) is 0. The van der Waals surface area contributed by atoms with Crippen molar-refractivity contribution in [2.75, 3.05) is 5.32 Å². The Bertz CT molecular complexity index is 1100. The Morgan fingerprint density at radius 3 is 2.78 bits per heavy atom. The molecule has 2 aromatic heterocycles. The number of aromatic nitrogens is 3. The third-order valence-electron chi connectivity index (χ3n) is 3.99. The van der Waals surface area contributed by atoms with Crippen LogP contribution in [0.3, 0.4) is 0 Å². The number of benzene rings is 2. The minimum Gasteiger partial charge on any atom is -0.506 e. The molecule has 4 aromatic rings. The molecule has 0 spiro atoms. The summed E-state index contributed by atoms with van der Waals surface area (Å²) < 4.78 is 1.76. The number of thiazole rings is 1. The predicted octanol–water partition coefficient (Wildman–Crippen LogP) is 4.26. The molecular weight excluding hydrogens is 360 g/mol. The van der Waals surface area contributed by atoms with E-state index >= 15 is 0 Å². The molecule has 0 aliphatic carbocycles. The average molecular weight is 376 g/mol. The lowest BCUT2D eigenvalue weighted by Crippen LogP contribution is -2.12. The zero-order valence-electron chi connectivity index (χ0n) is 14.5. The summed E-state index contributed by atoms with van der Waals surface area (Å²) in [5.41, 5.74) is 3.35. The fraction of sp³-hybridized carbons (Fsp3) is 0.0500. The van der Waals surface area contributed by atoms with Gasteiger partial charge in [-0.15, -0.1) is 11.3 Å². The molecule has 2 N–H and O–H groups in total. The molecule has 2 heterocycles. The van der Waals surface area contributed by atoms with Gasteiger partial charge < -0.3 is 10.4 Å². The maximum Gasteiger partial charge on any atom is 0.275 e. The highest BCUT2D eigenvalue weighted by molar-refractivity contribution is 7.13. The molecule has 0 atom stereocenters. The second-order valence-electron chi connectivity index (χ2n) is 6.02. The Labute approximate surface area is 159 Å². The van der Waals surface area contributed by atoms with E-state index in [9.17, 15) is 9.90 Å². The molecule has 4 rings (SSSR count). The van der Waals surface area contributed by atoms with Crippen molar-refractivity contribution in [3.8, 4) is 22.0 Å². The highest BCUT2D eigenvalue weighted by Crippen LogP contribution is 2.27. The number of para-hydroxylation sites is 1. The van der Waals surface area contributed by atoms with Crippen molar-refractivity contribution in [2.24, 2.45) is 0 Å². The van der Waals surface area contributed by atoms with Crippen LogP contribution < -0.4 is 5.32 Å². The van der Waals surface area contributed by atoms with E-state index in [-0.39, 0.29) is 11.7 Å². The number of aryl methyl sites for hydroxylation is 1. The standard InChI is InChI=1S/C20H16N4O2S/c1-13-7-8-16(18(25)9-13)22-19(26)17-12-27-20(23-17)14-10-21-24(11-14)15-5-3-2-4-6-15/h2-12,25H,1H3,(H,22,26). The van der Waals surface area contributed by atoms with Gasteiger partial charge in [0.05, 0.1) is 17.6 Å². The zero-order valence-corrected chi connectivity index (χ0v) is 15.3. The number of amides is 1. The number of nitrogens with one attached hydrogen (secondary N) is 1. The van der Waals surface area contributed by atoms with Crippen LogP contribution in [0.1, 0.15) is 16.1 Å². The van der Waals surface area contributed by atoms with Crippen molar-refractivity contribution in [2.45, 2.75) is 6.92 Å². The Morgan fingerprint density at radius 1 is 1.19 bits per heavy atom. The van der Waals surface area contributed by atoms with Crippen LogP contribution in [0.5, 0.6) is 5.75 Å². The third kappa shape index (κ3) is 3.58. The van der Waals surface area contributed by atoms with E-state index in [4.69, 9.17) is 0 Å². The van der Waals surface area contributed by atoms with Gasteiger partial charge in [0.15, 0.2) is 0 Å². The molecule has 6 nitrogen and oxygen atoms in total. The smallest absolute Gasteiger partial charge is 0.275 e. The van der Waals surface area contributed by atoms with Gasteiger partial charge in [-0.05, 0) is 36.8 Å². The van der Waals surface area contributed by atoms with Crippen LogP contribution in [-0.4, -0.2) is 25.8 Å². The van der Waals surface area contributed by atoms with E-state index in [1.54, 1.807) is 28.4 Å². The minimum atomic E-state index is -0.368. The quantitative estimate of drug-likeness (QED) is 0.522. The first-order chi connectivity index (χ1) is 13.1. The van der Waals surface area contributed by atoms with E-state index in [1.807, 2.05) is 49.5 Å². The number of anilines is 1. The van der Waals surface area contributed by atoms with Gasteiger partial charge >= 0.3 is 0 Å². The summed E-state index contributed by atoms with van der Waals surface area (Å²) >= 11 is 1.37.